The minimum atomic E-state index is 0.0295. The quantitative estimate of drug-likeness (QED) is 0.838. The lowest BCUT2D eigenvalue weighted by atomic mass is 10.1. The summed E-state index contributed by atoms with van der Waals surface area (Å²) in [6.45, 7) is 5.37. The molecule has 0 N–H and O–H groups in total. The second-order valence-electron chi connectivity index (χ2n) is 5.59. The van der Waals surface area contributed by atoms with Crippen LogP contribution in [0.3, 0.4) is 0 Å². The van der Waals surface area contributed by atoms with Gasteiger partial charge in [0, 0.05) is 43.6 Å². The number of carbonyl (C=O) groups is 1. The number of nitrogens with zero attached hydrogens (tertiary/aromatic N) is 5. The van der Waals surface area contributed by atoms with Crippen LogP contribution >= 0.6 is 0 Å². The predicted molar refractivity (Wildman–Crippen MR) is 78.0 cm³/mol. The molecule has 6 nitrogen and oxygen atoms in total. The van der Waals surface area contributed by atoms with Crippen LogP contribution in [0.5, 0.6) is 0 Å². The number of hydrogen-bond donors (Lipinski definition) is 0. The van der Waals surface area contributed by atoms with Crippen molar-refractivity contribution in [2.75, 3.05) is 13.1 Å². The third-order valence-electron chi connectivity index (χ3n) is 3.88. The number of carbonyl (C=O) groups excluding carboxylic acids is 1. The standard InChI is InChI=1S/C15H19N5O/c1-10-8-11(2)18-14(17-10)12-5-7-20(9-12)15(21)13-4-6-16-19(13)3/h4,6,8,12H,5,7,9H2,1-3H3/t12-/m0/s1. The maximum absolute atomic E-state index is 12.5. The second kappa shape index (κ2) is 5.27. The fraction of sp³-hybridized carbons (Fsp3) is 0.467. The molecule has 6 heteroatoms. The molecule has 2 aromatic heterocycles. The monoisotopic (exact) mass is 285 g/mol. The molecule has 0 spiro atoms. The van der Waals surface area contributed by atoms with Crippen molar-refractivity contribution < 1.29 is 4.79 Å². The Morgan fingerprint density at radius 1 is 1.29 bits per heavy atom. The molecular weight excluding hydrogens is 266 g/mol. The van der Waals surface area contributed by atoms with Gasteiger partial charge < -0.3 is 4.90 Å². The van der Waals surface area contributed by atoms with Crippen LogP contribution in [0, 0.1) is 13.8 Å². The van der Waals surface area contributed by atoms with E-state index in [0.717, 1.165) is 30.2 Å². The van der Waals surface area contributed by atoms with E-state index in [0.29, 0.717) is 12.2 Å². The molecular formula is C15H19N5O. The number of amides is 1. The smallest absolute Gasteiger partial charge is 0.272 e. The summed E-state index contributed by atoms with van der Waals surface area (Å²) >= 11 is 0. The van der Waals surface area contributed by atoms with Gasteiger partial charge in [0.1, 0.15) is 11.5 Å². The zero-order valence-corrected chi connectivity index (χ0v) is 12.6. The van der Waals surface area contributed by atoms with Crippen LogP contribution in [0.2, 0.25) is 0 Å². The van der Waals surface area contributed by atoms with Gasteiger partial charge >= 0.3 is 0 Å². The Bertz CT molecular complexity index is 658. The van der Waals surface area contributed by atoms with E-state index in [-0.39, 0.29) is 11.8 Å². The first-order valence-corrected chi connectivity index (χ1v) is 7.14. The highest BCUT2D eigenvalue weighted by Gasteiger charge is 2.30. The molecule has 0 aliphatic carbocycles. The van der Waals surface area contributed by atoms with Gasteiger partial charge in [-0.2, -0.15) is 5.10 Å². The Balaban J connectivity index is 1.76. The zero-order valence-electron chi connectivity index (χ0n) is 12.6. The molecule has 110 valence electrons. The highest BCUT2D eigenvalue weighted by atomic mass is 16.2. The van der Waals surface area contributed by atoms with Gasteiger partial charge in [-0.3, -0.25) is 9.48 Å². The Hall–Kier alpha value is -2.24. The molecule has 1 aliphatic rings. The van der Waals surface area contributed by atoms with Crippen molar-refractivity contribution in [2.24, 2.45) is 7.05 Å². The number of hydrogen-bond acceptors (Lipinski definition) is 4. The van der Waals surface area contributed by atoms with E-state index >= 15 is 0 Å². The number of rotatable bonds is 2. The fourth-order valence-corrected chi connectivity index (χ4v) is 2.84. The van der Waals surface area contributed by atoms with E-state index in [1.165, 1.54) is 0 Å². The maximum atomic E-state index is 12.5. The van der Waals surface area contributed by atoms with Gasteiger partial charge in [-0.1, -0.05) is 0 Å². The Morgan fingerprint density at radius 2 is 2.00 bits per heavy atom. The van der Waals surface area contributed by atoms with E-state index in [1.807, 2.05) is 24.8 Å². The van der Waals surface area contributed by atoms with Gasteiger partial charge in [0.25, 0.3) is 5.91 Å². The van der Waals surface area contributed by atoms with E-state index in [4.69, 9.17) is 0 Å². The molecule has 1 saturated heterocycles. The summed E-state index contributed by atoms with van der Waals surface area (Å²) in [5.74, 6) is 1.11. The van der Waals surface area contributed by atoms with Crippen molar-refractivity contribution in [3.63, 3.8) is 0 Å². The largest absolute Gasteiger partial charge is 0.337 e. The maximum Gasteiger partial charge on any atom is 0.272 e. The van der Waals surface area contributed by atoms with Crippen LogP contribution < -0.4 is 0 Å². The highest BCUT2D eigenvalue weighted by molar-refractivity contribution is 5.92. The molecule has 0 radical (unpaired) electrons. The highest BCUT2D eigenvalue weighted by Crippen LogP contribution is 2.26. The van der Waals surface area contributed by atoms with Crippen LogP contribution in [-0.4, -0.2) is 43.6 Å². The van der Waals surface area contributed by atoms with Crippen LogP contribution in [0.25, 0.3) is 0 Å². The summed E-state index contributed by atoms with van der Waals surface area (Å²) in [5.41, 5.74) is 2.58. The molecule has 21 heavy (non-hydrogen) atoms. The van der Waals surface area contributed by atoms with Gasteiger partial charge in [0.2, 0.25) is 0 Å². The van der Waals surface area contributed by atoms with Crippen molar-refractivity contribution in [1.29, 1.82) is 0 Å². The first-order chi connectivity index (χ1) is 10.0. The molecule has 1 amide bonds. The summed E-state index contributed by atoms with van der Waals surface area (Å²) in [4.78, 5) is 23.4. The normalized spacial score (nSPS) is 18.2. The lowest BCUT2D eigenvalue weighted by Crippen LogP contribution is -2.30. The number of aryl methyl sites for hydroxylation is 3. The van der Waals surface area contributed by atoms with Crippen molar-refractivity contribution in [3.05, 3.63) is 41.2 Å². The molecule has 1 aliphatic heterocycles. The summed E-state index contributed by atoms with van der Waals surface area (Å²) in [6, 6.07) is 3.72. The van der Waals surface area contributed by atoms with Gasteiger partial charge in [-0.05, 0) is 32.4 Å². The van der Waals surface area contributed by atoms with Crippen molar-refractivity contribution in [2.45, 2.75) is 26.2 Å². The van der Waals surface area contributed by atoms with Crippen molar-refractivity contribution >= 4 is 5.91 Å². The average molecular weight is 285 g/mol. The van der Waals surface area contributed by atoms with E-state index in [9.17, 15) is 4.79 Å². The van der Waals surface area contributed by atoms with Crippen molar-refractivity contribution in [1.82, 2.24) is 24.6 Å². The molecule has 1 atom stereocenters. The first-order valence-electron chi connectivity index (χ1n) is 7.14. The van der Waals surface area contributed by atoms with Crippen LogP contribution in [-0.2, 0) is 7.05 Å². The van der Waals surface area contributed by atoms with Gasteiger partial charge in [0.15, 0.2) is 0 Å². The second-order valence-corrected chi connectivity index (χ2v) is 5.59. The molecule has 1 fully saturated rings. The summed E-state index contributed by atoms with van der Waals surface area (Å²) < 4.78 is 1.61. The summed E-state index contributed by atoms with van der Waals surface area (Å²) in [6.07, 6.45) is 2.56. The molecule has 0 unspecified atom stereocenters. The predicted octanol–water partition coefficient (Wildman–Crippen LogP) is 1.46. The first kappa shape index (κ1) is 13.7. The molecule has 0 bridgehead atoms. The third kappa shape index (κ3) is 2.66. The lowest BCUT2D eigenvalue weighted by molar-refractivity contribution is 0.0779. The topological polar surface area (TPSA) is 63.9 Å². The van der Waals surface area contributed by atoms with E-state index in [1.54, 1.807) is 24.0 Å². The minimum Gasteiger partial charge on any atom is -0.337 e. The SMILES string of the molecule is Cc1cc(C)nc([C@H]2CCN(C(=O)c3ccnn3C)C2)n1. The van der Waals surface area contributed by atoms with Crippen LogP contribution in [0.15, 0.2) is 18.3 Å². The van der Waals surface area contributed by atoms with Crippen molar-refractivity contribution in [3.8, 4) is 0 Å². The lowest BCUT2D eigenvalue weighted by Gasteiger charge is -2.16. The Morgan fingerprint density at radius 3 is 2.62 bits per heavy atom. The van der Waals surface area contributed by atoms with Gasteiger partial charge in [-0.25, -0.2) is 9.97 Å². The van der Waals surface area contributed by atoms with Crippen LogP contribution in [0.4, 0.5) is 0 Å². The Labute approximate surface area is 123 Å². The summed E-state index contributed by atoms with van der Waals surface area (Å²) in [7, 11) is 1.79. The molecule has 3 rings (SSSR count). The molecule has 0 aromatic carbocycles. The number of likely N-dealkylation sites (tertiary alicyclic amines) is 1. The number of aromatic nitrogens is 4. The fourth-order valence-electron chi connectivity index (χ4n) is 2.84. The van der Waals surface area contributed by atoms with E-state index in [2.05, 4.69) is 15.1 Å². The third-order valence-corrected chi connectivity index (χ3v) is 3.88. The van der Waals surface area contributed by atoms with Gasteiger partial charge in [0.05, 0.1) is 0 Å². The summed E-state index contributed by atoms with van der Waals surface area (Å²) in [5, 5.41) is 4.05. The van der Waals surface area contributed by atoms with Crippen LogP contribution in [0.1, 0.15) is 40.0 Å². The molecule has 2 aromatic rings. The zero-order chi connectivity index (χ0) is 15.0. The molecule has 3 heterocycles. The minimum absolute atomic E-state index is 0.0295. The van der Waals surface area contributed by atoms with E-state index < -0.39 is 0 Å². The Kier molecular flexibility index (Phi) is 3.45. The average Bonchev–Trinajstić information content (AvgIpc) is 3.05. The molecule has 0 saturated carbocycles. The van der Waals surface area contributed by atoms with Gasteiger partial charge in [-0.15, -0.1) is 0 Å².